The molecule has 1 N–H and O–H groups in total. The molecule has 0 aliphatic heterocycles. The highest BCUT2D eigenvalue weighted by atomic mass is 16.1. The number of carbonyl (C=O) groups excluding carboxylic acids is 1. The van der Waals surface area contributed by atoms with E-state index in [1.807, 2.05) is 57.2 Å². The highest BCUT2D eigenvalue weighted by molar-refractivity contribution is 5.96. The van der Waals surface area contributed by atoms with Crippen LogP contribution in [0.3, 0.4) is 0 Å². The van der Waals surface area contributed by atoms with Crippen LogP contribution in [0.25, 0.3) is 11.0 Å². The Labute approximate surface area is 155 Å². The fraction of sp³-hybridized carbons (Fsp3) is 0.364. The summed E-state index contributed by atoms with van der Waals surface area (Å²) in [6.45, 7) is 11.3. The van der Waals surface area contributed by atoms with E-state index < -0.39 is 0 Å². The van der Waals surface area contributed by atoms with Gasteiger partial charge in [-0.3, -0.25) is 4.79 Å². The van der Waals surface area contributed by atoms with Crippen molar-refractivity contribution in [2.45, 2.75) is 47.2 Å². The molecule has 0 saturated carbocycles. The van der Waals surface area contributed by atoms with E-state index in [4.69, 9.17) is 4.98 Å². The predicted octanol–water partition coefficient (Wildman–Crippen LogP) is 4.80. The van der Waals surface area contributed by atoms with Crippen molar-refractivity contribution in [2.75, 3.05) is 0 Å². The van der Waals surface area contributed by atoms with Gasteiger partial charge >= 0.3 is 0 Å². The molecule has 0 aliphatic rings. The summed E-state index contributed by atoms with van der Waals surface area (Å²) < 4.78 is 2.23. The van der Waals surface area contributed by atoms with Gasteiger partial charge in [-0.2, -0.15) is 0 Å². The zero-order valence-electron chi connectivity index (χ0n) is 16.2. The van der Waals surface area contributed by atoms with Crippen molar-refractivity contribution in [3.05, 3.63) is 65.0 Å². The topological polar surface area (TPSA) is 46.9 Å². The van der Waals surface area contributed by atoms with Crippen LogP contribution in [-0.2, 0) is 6.54 Å². The number of imidazole rings is 1. The van der Waals surface area contributed by atoms with Gasteiger partial charge in [0.1, 0.15) is 5.82 Å². The molecule has 0 fully saturated rings. The van der Waals surface area contributed by atoms with Gasteiger partial charge in [0.2, 0.25) is 0 Å². The molecule has 4 nitrogen and oxygen atoms in total. The number of hydrogen-bond donors (Lipinski definition) is 1. The first-order valence-corrected chi connectivity index (χ1v) is 9.20. The Morgan fingerprint density at radius 3 is 2.54 bits per heavy atom. The van der Waals surface area contributed by atoms with Crippen molar-refractivity contribution < 1.29 is 4.79 Å². The van der Waals surface area contributed by atoms with Gasteiger partial charge in [0.15, 0.2) is 0 Å². The van der Waals surface area contributed by atoms with Crippen LogP contribution in [0, 0.1) is 19.8 Å². The van der Waals surface area contributed by atoms with Crippen molar-refractivity contribution in [2.24, 2.45) is 5.92 Å². The van der Waals surface area contributed by atoms with E-state index in [-0.39, 0.29) is 11.9 Å². The molecule has 26 heavy (non-hydrogen) atoms. The first-order valence-electron chi connectivity index (χ1n) is 9.20. The summed E-state index contributed by atoms with van der Waals surface area (Å²) in [5.41, 5.74) is 4.95. The summed E-state index contributed by atoms with van der Waals surface area (Å²) >= 11 is 0. The van der Waals surface area contributed by atoms with Crippen molar-refractivity contribution >= 4 is 16.9 Å². The molecule has 4 heteroatoms. The summed E-state index contributed by atoms with van der Waals surface area (Å²) in [7, 11) is 0. The highest BCUT2D eigenvalue weighted by Crippen LogP contribution is 2.23. The number of nitrogens with one attached hydrogen (secondary N) is 1. The minimum atomic E-state index is -0.172. The fourth-order valence-electron chi connectivity index (χ4n) is 3.39. The smallest absolute Gasteiger partial charge is 0.252 e. The van der Waals surface area contributed by atoms with Crippen LogP contribution in [0.1, 0.15) is 54.1 Å². The second-order valence-corrected chi connectivity index (χ2v) is 7.48. The number of amides is 1. The van der Waals surface area contributed by atoms with E-state index in [1.165, 1.54) is 0 Å². The normalized spacial score (nSPS) is 12.5. The number of carbonyl (C=O) groups is 1. The minimum absolute atomic E-state index is 0.0573. The van der Waals surface area contributed by atoms with Crippen molar-refractivity contribution in [3.63, 3.8) is 0 Å². The molecule has 3 rings (SSSR count). The van der Waals surface area contributed by atoms with Gasteiger partial charge in [-0.05, 0) is 50.5 Å². The Kier molecular flexibility index (Phi) is 5.12. The lowest BCUT2D eigenvalue weighted by molar-refractivity contribution is 0.0937. The third-order valence-corrected chi connectivity index (χ3v) is 4.59. The average molecular weight is 349 g/mol. The zero-order valence-corrected chi connectivity index (χ0v) is 16.2. The molecule has 0 aliphatic carbocycles. The second kappa shape index (κ2) is 7.32. The monoisotopic (exact) mass is 349 g/mol. The number of fused-ring (bicyclic) bond motifs is 1. The number of aryl methyl sites for hydroxylation is 2. The standard InChI is InChI=1S/C22H27N3O/c1-14(2)13-25-20-9-7-6-8-19(20)24-21(25)17(5)23-22(26)18-11-10-15(3)12-16(18)4/h6-12,14,17H,13H2,1-5H3,(H,23,26). The Morgan fingerprint density at radius 2 is 1.85 bits per heavy atom. The molecule has 0 bridgehead atoms. The Hall–Kier alpha value is -2.62. The Morgan fingerprint density at radius 1 is 1.12 bits per heavy atom. The van der Waals surface area contributed by atoms with Gasteiger partial charge in [0.25, 0.3) is 5.91 Å². The van der Waals surface area contributed by atoms with E-state index in [0.29, 0.717) is 11.5 Å². The van der Waals surface area contributed by atoms with Gasteiger partial charge in [-0.15, -0.1) is 0 Å². The van der Waals surface area contributed by atoms with Gasteiger partial charge in [0.05, 0.1) is 17.1 Å². The molecular weight excluding hydrogens is 322 g/mol. The first-order chi connectivity index (χ1) is 12.4. The summed E-state index contributed by atoms with van der Waals surface area (Å²) in [4.78, 5) is 17.6. The van der Waals surface area contributed by atoms with E-state index >= 15 is 0 Å². The Bertz CT molecular complexity index is 940. The number of para-hydroxylation sites is 2. The van der Waals surface area contributed by atoms with E-state index in [9.17, 15) is 4.79 Å². The number of rotatable bonds is 5. The van der Waals surface area contributed by atoms with E-state index in [1.54, 1.807) is 0 Å². The van der Waals surface area contributed by atoms with Gasteiger partial charge in [-0.1, -0.05) is 43.7 Å². The summed E-state index contributed by atoms with van der Waals surface area (Å²) in [6, 6.07) is 13.9. The largest absolute Gasteiger partial charge is 0.342 e. The lowest BCUT2D eigenvalue weighted by atomic mass is 10.0. The van der Waals surface area contributed by atoms with E-state index in [2.05, 4.69) is 29.8 Å². The molecule has 2 aromatic carbocycles. The first kappa shape index (κ1) is 18.2. The molecule has 0 radical (unpaired) electrons. The third-order valence-electron chi connectivity index (χ3n) is 4.59. The zero-order chi connectivity index (χ0) is 18.8. The number of nitrogens with zero attached hydrogens (tertiary/aromatic N) is 2. The fourth-order valence-corrected chi connectivity index (χ4v) is 3.39. The molecule has 3 aromatic rings. The van der Waals surface area contributed by atoms with Gasteiger partial charge in [-0.25, -0.2) is 4.98 Å². The maximum absolute atomic E-state index is 12.8. The number of aromatic nitrogens is 2. The SMILES string of the molecule is Cc1ccc(C(=O)NC(C)c2nc3ccccc3n2CC(C)C)c(C)c1. The van der Waals surface area contributed by atoms with Crippen molar-refractivity contribution in [3.8, 4) is 0 Å². The summed E-state index contributed by atoms with van der Waals surface area (Å²) in [5.74, 6) is 1.34. The summed E-state index contributed by atoms with van der Waals surface area (Å²) in [6.07, 6.45) is 0. The average Bonchev–Trinajstić information content (AvgIpc) is 2.93. The minimum Gasteiger partial charge on any atom is -0.342 e. The molecule has 1 heterocycles. The van der Waals surface area contributed by atoms with Crippen LogP contribution in [0.5, 0.6) is 0 Å². The molecule has 0 saturated heterocycles. The predicted molar refractivity (Wildman–Crippen MR) is 106 cm³/mol. The summed E-state index contributed by atoms with van der Waals surface area (Å²) in [5, 5.41) is 3.13. The lowest BCUT2D eigenvalue weighted by Crippen LogP contribution is -2.29. The number of hydrogen-bond acceptors (Lipinski definition) is 2. The van der Waals surface area contributed by atoms with Crippen molar-refractivity contribution in [1.29, 1.82) is 0 Å². The quantitative estimate of drug-likeness (QED) is 0.719. The molecular formula is C22H27N3O. The van der Waals surface area contributed by atoms with Crippen LogP contribution >= 0.6 is 0 Å². The molecule has 0 spiro atoms. The van der Waals surface area contributed by atoms with Gasteiger partial charge < -0.3 is 9.88 Å². The van der Waals surface area contributed by atoms with Crippen LogP contribution in [0.15, 0.2) is 42.5 Å². The molecule has 1 aromatic heterocycles. The highest BCUT2D eigenvalue weighted by Gasteiger charge is 2.20. The Balaban J connectivity index is 1.91. The van der Waals surface area contributed by atoms with E-state index in [0.717, 1.165) is 34.5 Å². The third kappa shape index (κ3) is 3.64. The lowest BCUT2D eigenvalue weighted by Gasteiger charge is -2.18. The maximum atomic E-state index is 12.8. The molecule has 136 valence electrons. The molecule has 1 amide bonds. The van der Waals surface area contributed by atoms with Crippen molar-refractivity contribution in [1.82, 2.24) is 14.9 Å². The molecule has 1 atom stereocenters. The van der Waals surface area contributed by atoms with Crippen LogP contribution < -0.4 is 5.32 Å². The van der Waals surface area contributed by atoms with Crippen LogP contribution in [-0.4, -0.2) is 15.5 Å². The molecule has 1 unspecified atom stereocenters. The maximum Gasteiger partial charge on any atom is 0.252 e. The van der Waals surface area contributed by atoms with Crippen LogP contribution in [0.4, 0.5) is 0 Å². The number of benzene rings is 2. The second-order valence-electron chi connectivity index (χ2n) is 7.48. The van der Waals surface area contributed by atoms with Crippen LogP contribution in [0.2, 0.25) is 0 Å². The van der Waals surface area contributed by atoms with Gasteiger partial charge in [0, 0.05) is 12.1 Å².